The Morgan fingerprint density at radius 3 is 2.12 bits per heavy atom. The third kappa shape index (κ3) is 2.29. The van der Waals surface area contributed by atoms with Crippen molar-refractivity contribution in [3.8, 4) is 18.2 Å². The van der Waals surface area contributed by atoms with Gasteiger partial charge in [-0.05, 0) is 32.8 Å². The smallest absolute Gasteiger partial charge is 0.210 e. The zero-order valence-electron chi connectivity index (χ0n) is 14.4. The van der Waals surface area contributed by atoms with E-state index in [1.165, 1.54) is 0 Å². The van der Waals surface area contributed by atoms with Crippen LogP contribution in [-0.2, 0) is 4.74 Å². The van der Waals surface area contributed by atoms with Crippen molar-refractivity contribution in [3.05, 3.63) is 35.9 Å². The number of aliphatic hydroxyl groups excluding tert-OH is 1. The molecule has 1 aromatic carbocycles. The Morgan fingerprint density at radius 2 is 1.68 bits per heavy atom. The third-order valence-corrected chi connectivity index (χ3v) is 4.90. The second-order valence-corrected chi connectivity index (χ2v) is 6.82. The predicted molar refractivity (Wildman–Crippen MR) is 90.1 cm³/mol. The number of fused-ring (bicyclic) bond motifs is 2. The first-order valence-electron chi connectivity index (χ1n) is 7.99. The SMILES string of the molecule is CC(C)O.CC12CC(c3ccccc3)C(C#N)(C(=N)O1)C2(C#N)C#N. The molecule has 2 aliphatic rings. The van der Waals surface area contributed by atoms with E-state index in [1.807, 2.05) is 42.5 Å². The number of benzene rings is 1. The lowest BCUT2D eigenvalue weighted by atomic mass is 9.62. The van der Waals surface area contributed by atoms with Crippen molar-refractivity contribution in [3.63, 3.8) is 0 Å². The Hall–Kier alpha value is -2.88. The lowest BCUT2D eigenvalue weighted by molar-refractivity contribution is 0.0527. The quantitative estimate of drug-likeness (QED) is 0.815. The van der Waals surface area contributed by atoms with Gasteiger partial charge in [0.25, 0.3) is 0 Å². The maximum absolute atomic E-state index is 9.78. The van der Waals surface area contributed by atoms with Crippen molar-refractivity contribution >= 4 is 5.90 Å². The number of rotatable bonds is 1. The fraction of sp³-hybridized carbons (Fsp3) is 0.474. The molecule has 128 valence electrons. The maximum Gasteiger partial charge on any atom is 0.210 e. The van der Waals surface area contributed by atoms with Gasteiger partial charge in [0.15, 0.2) is 5.41 Å². The van der Waals surface area contributed by atoms with Gasteiger partial charge in [-0.15, -0.1) is 0 Å². The first-order chi connectivity index (χ1) is 11.7. The van der Waals surface area contributed by atoms with Crippen LogP contribution in [0, 0.1) is 50.2 Å². The molecule has 2 N–H and O–H groups in total. The maximum atomic E-state index is 9.78. The van der Waals surface area contributed by atoms with Crippen LogP contribution in [-0.4, -0.2) is 22.7 Å². The summed E-state index contributed by atoms with van der Waals surface area (Å²) in [6.45, 7) is 5.09. The molecular weight excluding hydrogens is 316 g/mol. The van der Waals surface area contributed by atoms with Crippen LogP contribution in [0.2, 0.25) is 0 Å². The van der Waals surface area contributed by atoms with Gasteiger partial charge in [-0.25, -0.2) is 0 Å². The van der Waals surface area contributed by atoms with E-state index in [2.05, 4.69) is 6.07 Å². The second-order valence-electron chi connectivity index (χ2n) is 6.82. The molecule has 2 bridgehead atoms. The van der Waals surface area contributed by atoms with Crippen molar-refractivity contribution in [1.29, 1.82) is 21.2 Å². The van der Waals surface area contributed by atoms with Crippen LogP contribution in [0.5, 0.6) is 0 Å². The average molecular weight is 336 g/mol. The molecule has 0 radical (unpaired) electrons. The summed E-state index contributed by atoms with van der Waals surface area (Å²) in [5, 5.41) is 45.2. The van der Waals surface area contributed by atoms with Crippen LogP contribution < -0.4 is 0 Å². The number of nitrogens with zero attached hydrogens (tertiary/aromatic N) is 3. The monoisotopic (exact) mass is 336 g/mol. The molecule has 1 aliphatic heterocycles. The van der Waals surface area contributed by atoms with Gasteiger partial charge in [0.1, 0.15) is 5.60 Å². The Balaban J connectivity index is 0.000000511. The summed E-state index contributed by atoms with van der Waals surface area (Å²) in [7, 11) is 0. The van der Waals surface area contributed by atoms with Gasteiger partial charge in [0.2, 0.25) is 11.3 Å². The van der Waals surface area contributed by atoms with E-state index < -0.39 is 22.3 Å². The summed E-state index contributed by atoms with van der Waals surface area (Å²) in [4.78, 5) is 0. The van der Waals surface area contributed by atoms with Crippen molar-refractivity contribution in [2.45, 2.75) is 44.8 Å². The van der Waals surface area contributed by atoms with Gasteiger partial charge >= 0.3 is 0 Å². The van der Waals surface area contributed by atoms with Crippen molar-refractivity contribution in [2.75, 3.05) is 0 Å². The molecule has 1 heterocycles. The normalized spacial score (nSPS) is 31.1. The number of ether oxygens (including phenoxy) is 1. The lowest BCUT2D eigenvalue weighted by Crippen LogP contribution is -2.43. The van der Waals surface area contributed by atoms with Gasteiger partial charge in [-0.1, -0.05) is 30.3 Å². The Labute approximate surface area is 147 Å². The summed E-state index contributed by atoms with van der Waals surface area (Å²) in [6.07, 6.45) is 0.202. The molecule has 0 spiro atoms. The molecule has 1 aliphatic carbocycles. The molecule has 3 rings (SSSR count). The van der Waals surface area contributed by atoms with Crippen LogP contribution in [0.1, 0.15) is 38.7 Å². The highest BCUT2D eigenvalue weighted by Gasteiger charge is 2.82. The third-order valence-electron chi connectivity index (χ3n) is 4.90. The van der Waals surface area contributed by atoms with Crippen LogP contribution in [0.25, 0.3) is 0 Å². The molecule has 1 saturated carbocycles. The fourth-order valence-corrected chi connectivity index (χ4v) is 3.83. The molecular formula is C19H20N4O2. The van der Waals surface area contributed by atoms with Gasteiger partial charge < -0.3 is 9.84 Å². The van der Waals surface area contributed by atoms with Gasteiger partial charge in [0.05, 0.1) is 18.2 Å². The molecule has 2 fully saturated rings. The lowest BCUT2D eigenvalue weighted by Gasteiger charge is -2.30. The van der Waals surface area contributed by atoms with Gasteiger partial charge in [0, 0.05) is 12.0 Å². The molecule has 0 aromatic heterocycles. The molecule has 6 nitrogen and oxygen atoms in total. The highest BCUT2D eigenvalue weighted by atomic mass is 16.5. The molecule has 0 amide bonds. The number of aliphatic hydroxyl groups is 1. The fourth-order valence-electron chi connectivity index (χ4n) is 3.83. The summed E-state index contributed by atoms with van der Waals surface area (Å²) in [6, 6.07) is 15.4. The van der Waals surface area contributed by atoms with Crippen LogP contribution in [0.4, 0.5) is 0 Å². The van der Waals surface area contributed by atoms with E-state index in [-0.39, 0.29) is 12.0 Å². The Morgan fingerprint density at radius 1 is 1.16 bits per heavy atom. The first-order valence-corrected chi connectivity index (χ1v) is 7.99. The largest absolute Gasteiger partial charge is 0.471 e. The summed E-state index contributed by atoms with van der Waals surface area (Å²) >= 11 is 0. The number of nitriles is 3. The first kappa shape index (κ1) is 18.5. The highest BCUT2D eigenvalue weighted by Crippen LogP contribution is 2.70. The summed E-state index contributed by atoms with van der Waals surface area (Å²) in [5.74, 6) is -0.662. The van der Waals surface area contributed by atoms with Crippen LogP contribution >= 0.6 is 0 Å². The zero-order valence-corrected chi connectivity index (χ0v) is 14.4. The topological polar surface area (TPSA) is 125 Å². The van der Waals surface area contributed by atoms with Crippen molar-refractivity contribution < 1.29 is 9.84 Å². The van der Waals surface area contributed by atoms with E-state index in [0.717, 1.165) is 5.56 Å². The molecule has 3 unspecified atom stereocenters. The average Bonchev–Trinajstić information content (AvgIpc) is 2.91. The highest BCUT2D eigenvalue weighted by molar-refractivity contribution is 5.92. The molecule has 1 saturated heterocycles. The predicted octanol–water partition coefficient (Wildman–Crippen LogP) is 2.87. The second kappa shape index (κ2) is 6.20. The number of hydrogen-bond acceptors (Lipinski definition) is 6. The summed E-state index contributed by atoms with van der Waals surface area (Å²) < 4.78 is 5.51. The molecule has 3 atom stereocenters. The minimum Gasteiger partial charge on any atom is -0.471 e. The van der Waals surface area contributed by atoms with E-state index in [1.54, 1.807) is 20.8 Å². The van der Waals surface area contributed by atoms with Crippen LogP contribution in [0.3, 0.4) is 0 Å². The number of nitrogens with one attached hydrogen (secondary N) is 1. The Kier molecular flexibility index (Phi) is 4.58. The minimum absolute atomic E-state index is 0.167. The van der Waals surface area contributed by atoms with E-state index in [9.17, 15) is 15.8 Å². The van der Waals surface area contributed by atoms with Gasteiger partial charge in [-0.3, -0.25) is 5.41 Å². The zero-order chi connectivity index (χ0) is 18.9. The molecule has 1 aromatic rings. The van der Waals surface area contributed by atoms with Gasteiger partial charge in [-0.2, -0.15) is 15.8 Å². The summed E-state index contributed by atoms with van der Waals surface area (Å²) in [5.41, 5.74) is -3.49. The molecule has 25 heavy (non-hydrogen) atoms. The van der Waals surface area contributed by atoms with Crippen LogP contribution in [0.15, 0.2) is 30.3 Å². The Bertz CT molecular complexity index is 783. The van der Waals surface area contributed by atoms with E-state index in [0.29, 0.717) is 6.42 Å². The van der Waals surface area contributed by atoms with Crippen molar-refractivity contribution in [1.82, 2.24) is 0 Å². The minimum atomic E-state index is -1.66. The molecule has 6 heteroatoms. The number of hydrogen-bond donors (Lipinski definition) is 2. The van der Waals surface area contributed by atoms with E-state index >= 15 is 0 Å². The standard InChI is InChI=1S/C16H12N4O.C3H8O/c1-14-7-12(11-5-3-2-4-6-11)16(10-19,13(20)21-14)15(14,8-17)9-18;1-3(2)4/h2-6,12,20H,7H2,1H3;3-4H,1-2H3. The van der Waals surface area contributed by atoms with E-state index in [4.69, 9.17) is 15.3 Å². The van der Waals surface area contributed by atoms with Crippen molar-refractivity contribution in [2.24, 2.45) is 10.8 Å².